The van der Waals surface area contributed by atoms with Gasteiger partial charge in [0.2, 0.25) is 0 Å². The van der Waals surface area contributed by atoms with Gasteiger partial charge in [-0.1, -0.05) is 65.0 Å². The number of hydrogen-bond acceptors (Lipinski definition) is 5. The van der Waals surface area contributed by atoms with Gasteiger partial charge in [0.15, 0.2) is 5.78 Å². The van der Waals surface area contributed by atoms with Crippen molar-refractivity contribution in [2.24, 2.45) is 0 Å². The third-order valence-corrected chi connectivity index (χ3v) is 4.58. The SMILES string of the molecule is C=CC(=O)OCCCOc1ccc(C#Cc2ccc(OCCCC)cc2)cc1.C=CC(C)=O.CCCC. The van der Waals surface area contributed by atoms with Gasteiger partial charge in [0, 0.05) is 23.6 Å². The van der Waals surface area contributed by atoms with Crippen molar-refractivity contribution in [2.75, 3.05) is 19.8 Å². The number of benzene rings is 2. The lowest BCUT2D eigenvalue weighted by Gasteiger charge is -2.06. The first-order valence-corrected chi connectivity index (χ1v) is 12.8. The molecular weight excluding hydrogens is 464 g/mol. The molecule has 2 aromatic rings. The maximum atomic E-state index is 10.9. The summed E-state index contributed by atoms with van der Waals surface area (Å²) in [6, 6.07) is 15.4. The molecule has 0 saturated heterocycles. The molecule has 0 N–H and O–H groups in total. The molecular formula is C32H42O5. The summed E-state index contributed by atoms with van der Waals surface area (Å²) in [5.74, 6) is 7.53. The molecule has 0 saturated carbocycles. The van der Waals surface area contributed by atoms with Crippen LogP contribution in [0.25, 0.3) is 0 Å². The van der Waals surface area contributed by atoms with E-state index in [1.165, 1.54) is 25.8 Å². The third kappa shape index (κ3) is 19.1. The molecule has 0 unspecified atom stereocenters. The Balaban J connectivity index is 0.00000124. The normalized spacial score (nSPS) is 9.08. The number of carbonyl (C=O) groups excluding carboxylic acids is 2. The Labute approximate surface area is 223 Å². The molecule has 0 aliphatic rings. The van der Waals surface area contributed by atoms with Gasteiger partial charge in [-0.3, -0.25) is 4.79 Å². The fourth-order valence-corrected chi connectivity index (χ4v) is 2.23. The van der Waals surface area contributed by atoms with E-state index in [4.69, 9.17) is 14.2 Å². The summed E-state index contributed by atoms with van der Waals surface area (Å²) in [5.41, 5.74) is 1.85. The number of unbranched alkanes of at least 4 members (excludes halogenated alkanes) is 2. The molecule has 0 aromatic heterocycles. The lowest BCUT2D eigenvalue weighted by molar-refractivity contribution is -0.137. The van der Waals surface area contributed by atoms with Gasteiger partial charge in [-0.15, -0.1) is 0 Å². The first kappa shape index (κ1) is 33.2. The Morgan fingerprint density at radius 3 is 1.49 bits per heavy atom. The van der Waals surface area contributed by atoms with E-state index in [2.05, 4.69) is 45.8 Å². The second-order valence-electron chi connectivity index (χ2n) is 7.89. The molecule has 2 aromatic carbocycles. The van der Waals surface area contributed by atoms with Crippen LogP contribution in [0.1, 0.15) is 70.9 Å². The van der Waals surface area contributed by atoms with Crippen LogP contribution in [0, 0.1) is 11.8 Å². The van der Waals surface area contributed by atoms with E-state index >= 15 is 0 Å². The molecule has 37 heavy (non-hydrogen) atoms. The van der Waals surface area contributed by atoms with Crippen molar-refractivity contribution in [2.45, 2.75) is 59.8 Å². The smallest absolute Gasteiger partial charge is 0.330 e. The van der Waals surface area contributed by atoms with Gasteiger partial charge in [0.25, 0.3) is 0 Å². The first-order valence-electron chi connectivity index (χ1n) is 12.8. The zero-order chi connectivity index (χ0) is 27.7. The van der Waals surface area contributed by atoms with Gasteiger partial charge in [0.1, 0.15) is 11.5 Å². The predicted molar refractivity (Wildman–Crippen MR) is 152 cm³/mol. The molecule has 2 rings (SSSR count). The number of carbonyl (C=O) groups is 2. The van der Waals surface area contributed by atoms with Gasteiger partial charge < -0.3 is 14.2 Å². The molecule has 5 heteroatoms. The van der Waals surface area contributed by atoms with E-state index in [-0.39, 0.29) is 5.78 Å². The highest BCUT2D eigenvalue weighted by Gasteiger charge is 1.98. The molecule has 0 aliphatic carbocycles. The lowest BCUT2D eigenvalue weighted by Crippen LogP contribution is -2.06. The quantitative estimate of drug-likeness (QED) is 0.130. The minimum Gasteiger partial charge on any atom is -0.494 e. The van der Waals surface area contributed by atoms with Crippen LogP contribution in [0.15, 0.2) is 73.8 Å². The van der Waals surface area contributed by atoms with Crippen LogP contribution in [0.5, 0.6) is 11.5 Å². The Hall–Kier alpha value is -3.78. The molecule has 0 heterocycles. The Morgan fingerprint density at radius 2 is 1.14 bits per heavy atom. The van der Waals surface area contributed by atoms with Crippen molar-refractivity contribution < 1.29 is 23.8 Å². The van der Waals surface area contributed by atoms with Gasteiger partial charge >= 0.3 is 5.97 Å². The largest absolute Gasteiger partial charge is 0.494 e. The molecule has 0 atom stereocenters. The number of rotatable bonds is 12. The predicted octanol–water partition coefficient (Wildman–Crippen LogP) is 7.33. The van der Waals surface area contributed by atoms with Crippen LogP contribution in [0.3, 0.4) is 0 Å². The van der Waals surface area contributed by atoms with Crippen molar-refractivity contribution in [1.29, 1.82) is 0 Å². The molecule has 0 aliphatic heterocycles. The molecule has 0 bridgehead atoms. The van der Waals surface area contributed by atoms with Crippen molar-refractivity contribution in [3.63, 3.8) is 0 Å². The molecule has 0 amide bonds. The summed E-state index contributed by atoms with van der Waals surface area (Å²) < 4.78 is 16.2. The standard InChI is InChI=1S/C24H26O4.C4H6O.C4H10/c1-3-5-17-26-22-13-9-20(10-14-22)7-8-21-11-15-23(16-12-21)27-18-6-19-28-24(25)4-2;1-3-4(2)5;1-3-4-2/h4,9-16H,2-3,5-6,17-19H2,1H3;3H,1H2,2H3;3-4H2,1-2H3. The molecule has 5 nitrogen and oxygen atoms in total. The number of ether oxygens (including phenoxy) is 3. The minimum atomic E-state index is -0.415. The van der Waals surface area contributed by atoms with Gasteiger partial charge in [-0.25, -0.2) is 4.79 Å². The Kier molecular flexibility index (Phi) is 20.4. The van der Waals surface area contributed by atoms with Gasteiger partial charge in [-0.05, 0) is 68.0 Å². The van der Waals surface area contributed by atoms with Crippen LogP contribution in [-0.4, -0.2) is 31.6 Å². The summed E-state index contributed by atoms with van der Waals surface area (Å²) >= 11 is 0. The van der Waals surface area contributed by atoms with Gasteiger partial charge in [-0.2, -0.15) is 0 Å². The van der Waals surface area contributed by atoms with Crippen LogP contribution >= 0.6 is 0 Å². The highest BCUT2D eigenvalue weighted by Crippen LogP contribution is 2.14. The lowest BCUT2D eigenvalue weighted by atomic mass is 10.2. The summed E-state index contributed by atoms with van der Waals surface area (Å²) in [4.78, 5) is 20.6. The number of hydrogen-bond donors (Lipinski definition) is 0. The van der Waals surface area contributed by atoms with E-state index in [1.807, 2.05) is 48.5 Å². The number of esters is 1. The van der Waals surface area contributed by atoms with Crippen LogP contribution < -0.4 is 9.47 Å². The van der Waals surface area contributed by atoms with Crippen molar-refractivity contribution >= 4 is 11.8 Å². The summed E-state index contributed by atoms with van der Waals surface area (Å²) in [6.07, 6.45) is 7.87. The highest BCUT2D eigenvalue weighted by molar-refractivity contribution is 5.86. The number of ketones is 1. The minimum absolute atomic E-state index is 0.0185. The Morgan fingerprint density at radius 1 is 0.703 bits per heavy atom. The van der Waals surface area contributed by atoms with Crippen molar-refractivity contribution in [3.05, 3.63) is 85.0 Å². The second-order valence-corrected chi connectivity index (χ2v) is 7.89. The van der Waals surface area contributed by atoms with E-state index in [1.54, 1.807) is 0 Å². The van der Waals surface area contributed by atoms with E-state index in [0.717, 1.165) is 48.2 Å². The van der Waals surface area contributed by atoms with E-state index < -0.39 is 5.97 Å². The van der Waals surface area contributed by atoms with Crippen molar-refractivity contribution in [1.82, 2.24) is 0 Å². The fraction of sp³-hybridized carbons (Fsp3) is 0.375. The fourth-order valence-electron chi connectivity index (χ4n) is 2.23. The summed E-state index contributed by atoms with van der Waals surface area (Å²) in [6.45, 7) is 16.1. The number of allylic oxidation sites excluding steroid dienone is 1. The first-order chi connectivity index (χ1) is 17.9. The maximum Gasteiger partial charge on any atom is 0.330 e. The maximum absolute atomic E-state index is 10.9. The zero-order valence-electron chi connectivity index (χ0n) is 22.9. The van der Waals surface area contributed by atoms with Gasteiger partial charge in [0.05, 0.1) is 19.8 Å². The van der Waals surface area contributed by atoms with Crippen LogP contribution in [-0.2, 0) is 14.3 Å². The topological polar surface area (TPSA) is 61.8 Å². The van der Waals surface area contributed by atoms with Crippen molar-refractivity contribution in [3.8, 4) is 23.3 Å². The monoisotopic (exact) mass is 506 g/mol. The average molecular weight is 507 g/mol. The van der Waals surface area contributed by atoms with Crippen LogP contribution in [0.2, 0.25) is 0 Å². The molecule has 0 fully saturated rings. The second kappa shape index (κ2) is 22.7. The third-order valence-electron chi connectivity index (χ3n) is 4.58. The Bertz CT molecular complexity index is 961. The zero-order valence-corrected chi connectivity index (χ0v) is 22.9. The van der Waals surface area contributed by atoms with E-state index in [0.29, 0.717) is 19.6 Å². The van der Waals surface area contributed by atoms with Crippen LogP contribution in [0.4, 0.5) is 0 Å². The average Bonchev–Trinajstić information content (AvgIpc) is 2.93. The summed E-state index contributed by atoms with van der Waals surface area (Å²) in [5, 5.41) is 0. The molecule has 200 valence electrons. The summed E-state index contributed by atoms with van der Waals surface area (Å²) in [7, 11) is 0. The molecule has 0 spiro atoms. The molecule has 0 radical (unpaired) electrons. The van der Waals surface area contributed by atoms with E-state index in [9.17, 15) is 9.59 Å². The highest BCUT2D eigenvalue weighted by atomic mass is 16.5.